The van der Waals surface area contributed by atoms with Crippen LogP contribution in [0.4, 0.5) is 0 Å². The number of aromatic nitrogens is 4. The van der Waals surface area contributed by atoms with Crippen molar-refractivity contribution < 1.29 is 0 Å². The topological polar surface area (TPSA) is 51.6 Å². The highest BCUT2D eigenvalue weighted by atomic mass is 79.9. The summed E-state index contributed by atoms with van der Waals surface area (Å²) in [5.74, 6) is 0.763. The molecule has 8 heteroatoms. The Kier molecular flexibility index (Phi) is 3.55. The third-order valence-corrected chi connectivity index (χ3v) is 4.25. The fourth-order valence-electron chi connectivity index (χ4n) is 0.805. The molecule has 0 radical (unpaired) electrons. The molecule has 2 aromatic heterocycles. The summed E-state index contributed by atoms with van der Waals surface area (Å²) in [5.41, 5.74) is 0. The Bertz CT molecular complexity index is 490. The molecule has 0 N–H and O–H groups in total. The highest BCUT2D eigenvalue weighted by molar-refractivity contribution is 9.10. The fraction of sp³-hybridized carbons (Fsp3) is 0.143. The highest BCUT2D eigenvalue weighted by Crippen LogP contribution is 2.32. The van der Waals surface area contributed by atoms with Gasteiger partial charge in [0.25, 0.3) is 0 Å². The molecule has 15 heavy (non-hydrogen) atoms. The quantitative estimate of drug-likeness (QED) is 0.627. The Morgan fingerprint density at radius 1 is 1.47 bits per heavy atom. The Morgan fingerprint density at radius 3 is 2.93 bits per heavy atom. The number of aryl methyl sites for hydroxylation is 1. The maximum atomic E-state index is 5.70. The molecule has 0 fully saturated rings. The molecule has 0 aliphatic rings. The average molecular weight is 324 g/mol. The van der Waals surface area contributed by atoms with E-state index >= 15 is 0 Å². The Balaban J connectivity index is 2.27. The monoisotopic (exact) mass is 322 g/mol. The van der Waals surface area contributed by atoms with Gasteiger partial charge in [0, 0.05) is 6.20 Å². The van der Waals surface area contributed by atoms with Gasteiger partial charge in [-0.25, -0.2) is 15.0 Å². The third-order valence-electron chi connectivity index (χ3n) is 1.38. The first kappa shape index (κ1) is 11.3. The van der Waals surface area contributed by atoms with Gasteiger partial charge in [-0.3, -0.25) is 0 Å². The molecule has 0 aromatic carbocycles. The van der Waals surface area contributed by atoms with Crippen molar-refractivity contribution in [1.29, 1.82) is 0 Å². The van der Waals surface area contributed by atoms with Crippen LogP contribution >= 0.6 is 50.8 Å². The lowest BCUT2D eigenvalue weighted by atomic mass is 10.7. The van der Waals surface area contributed by atoms with Crippen LogP contribution in [-0.2, 0) is 0 Å². The molecule has 0 bridgehead atoms. The van der Waals surface area contributed by atoms with Crippen LogP contribution in [0.1, 0.15) is 5.82 Å². The van der Waals surface area contributed by atoms with E-state index in [1.807, 2.05) is 6.92 Å². The lowest BCUT2D eigenvalue weighted by Crippen LogP contribution is -1.86. The lowest BCUT2D eigenvalue weighted by molar-refractivity contribution is 1.02. The Labute approximate surface area is 108 Å². The van der Waals surface area contributed by atoms with E-state index in [9.17, 15) is 0 Å². The number of rotatable bonds is 2. The van der Waals surface area contributed by atoms with E-state index in [0.717, 1.165) is 19.7 Å². The van der Waals surface area contributed by atoms with Crippen LogP contribution in [0.15, 0.2) is 20.0 Å². The number of halogens is 2. The number of nitrogens with zero attached hydrogens (tertiary/aromatic N) is 4. The van der Waals surface area contributed by atoms with E-state index in [4.69, 9.17) is 11.6 Å². The van der Waals surface area contributed by atoms with Crippen molar-refractivity contribution in [2.24, 2.45) is 0 Å². The molecule has 0 unspecified atom stereocenters. The number of hydrogen-bond acceptors (Lipinski definition) is 6. The van der Waals surface area contributed by atoms with Crippen molar-refractivity contribution in [2.45, 2.75) is 16.3 Å². The smallest absolute Gasteiger partial charge is 0.223 e. The van der Waals surface area contributed by atoms with Crippen LogP contribution in [0.2, 0.25) is 5.28 Å². The minimum Gasteiger partial charge on any atom is -0.225 e. The molecule has 0 aliphatic carbocycles. The molecule has 4 nitrogen and oxygen atoms in total. The molecule has 0 saturated carbocycles. The molecule has 0 atom stereocenters. The van der Waals surface area contributed by atoms with Crippen molar-refractivity contribution in [1.82, 2.24) is 19.3 Å². The number of hydrogen-bond donors (Lipinski definition) is 0. The minimum absolute atomic E-state index is 0.224. The van der Waals surface area contributed by atoms with E-state index in [1.54, 1.807) is 6.20 Å². The van der Waals surface area contributed by atoms with Crippen molar-refractivity contribution in [3.8, 4) is 0 Å². The first-order chi connectivity index (χ1) is 7.15. The molecule has 2 heterocycles. The van der Waals surface area contributed by atoms with Gasteiger partial charge in [-0.2, -0.15) is 4.37 Å². The maximum Gasteiger partial charge on any atom is 0.223 e. The van der Waals surface area contributed by atoms with Gasteiger partial charge in [0.2, 0.25) is 5.28 Å². The summed E-state index contributed by atoms with van der Waals surface area (Å²) >= 11 is 11.8. The van der Waals surface area contributed by atoms with Crippen LogP contribution < -0.4 is 0 Å². The van der Waals surface area contributed by atoms with Gasteiger partial charge in [-0.05, 0) is 57.7 Å². The Morgan fingerprint density at radius 2 is 2.27 bits per heavy atom. The van der Waals surface area contributed by atoms with E-state index < -0.39 is 0 Å². The van der Waals surface area contributed by atoms with E-state index in [2.05, 4.69) is 35.3 Å². The van der Waals surface area contributed by atoms with E-state index in [1.165, 1.54) is 23.3 Å². The standard InChI is InChI=1S/C7H4BrClN4S2/c1-3-11-7(15-13-3)14-5-4(8)2-10-6(9)12-5/h2H,1H3. The van der Waals surface area contributed by atoms with Crippen LogP contribution in [0.5, 0.6) is 0 Å². The van der Waals surface area contributed by atoms with Crippen molar-refractivity contribution in [3.63, 3.8) is 0 Å². The van der Waals surface area contributed by atoms with Crippen LogP contribution in [0, 0.1) is 6.92 Å². The SMILES string of the molecule is Cc1nsc(Sc2nc(Cl)ncc2Br)n1. The van der Waals surface area contributed by atoms with Crippen molar-refractivity contribution in [3.05, 3.63) is 21.8 Å². The zero-order valence-corrected chi connectivity index (χ0v) is 11.4. The molecular formula is C7H4BrClN4S2. The predicted octanol–water partition coefficient (Wildman–Crippen LogP) is 3.20. The highest BCUT2D eigenvalue weighted by Gasteiger charge is 2.09. The second-order valence-electron chi connectivity index (χ2n) is 2.50. The molecular weight excluding hydrogens is 320 g/mol. The molecule has 2 aromatic rings. The van der Waals surface area contributed by atoms with Gasteiger partial charge in [-0.15, -0.1) is 0 Å². The molecule has 78 valence electrons. The second-order valence-corrected chi connectivity index (χ2v) is 5.68. The first-order valence-corrected chi connectivity index (χ1v) is 6.57. The largest absolute Gasteiger partial charge is 0.225 e. The average Bonchev–Trinajstić information content (AvgIpc) is 2.58. The predicted molar refractivity (Wildman–Crippen MR) is 63.5 cm³/mol. The second kappa shape index (κ2) is 4.73. The fourth-order valence-corrected chi connectivity index (χ4v) is 2.97. The maximum absolute atomic E-state index is 5.70. The summed E-state index contributed by atoms with van der Waals surface area (Å²) in [6.07, 6.45) is 1.62. The van der Waals surface area contributed by atoms with Crippen molar-refractivity contribution >= 4 is 50.8 Å². The third kappa shape index (κ3) is 2.87. The lowest BCUT2D eigenvalue weighted by Gasteiger charge is -1.99. The molecule has 0 amide bonds. The van der Waals surface area contributed by atoms with Crippen LogP contribution in [0.3, 0.4) is 0 Å². The molecule has 0 aliphatic heterocycles. The summed E-state index contributed by atoms with van der Waals surface area (Å²) < 4.78 is 5.72. The molecule has 0 saturated heterocycles. The van der Waals surface area contributed by atoms with Gasteiger partial charge in [0.05, 0.1) is 4.47 Å². The van der Waals surface area contributed by atoms with E-state index in [0.29, 0.717) is 0 Å². The first-order valence-electron chi connectivity index (χ1n) is 3.81. The van der Waals surface area contributed by atoms with Gasteiger partial charge >= 0.3 is 0 Å². The minimum atomic E-state index is 0.224. The Hall–Kier alpha value is -0.240. The van der Waals surface area contributed by atoms with Crippen LogP contribution in [-0.4, -0.2) is 19.3 Å². The summed E-state index contributed by atoms with van der Waals surface area (Å²) in [6.45, 7) is 1.85. The zero-order chi connectivity index (χ0) is 10.8. The normalized spacial score (nSPS) is 10.6. The van der Waals surface area contributed by atoms with Gasteiger partial charge in [-0.1, -0.05) is 0 Å². The molecule has 0 spiro atoms. The summed E-state index contributed by atoms with van der Waals surface area (Å²) in [4.78, 5) is 12.2. The van der Waals surface area contributed by atoms with Gasteiger partial charge in [0.1, 0.15) is 10.9 Å². The van der Waals surface area contributed by atoms with Gasteiger partial charge in [0.15, 0.2) is 4.34 Å². The summed E-state index contributed by atoms with van der Waals surface area (Å²) in [6, 6.07) is 0. The van der Waals surface area contributed by atoms with Gasteiger partial charge < -0.3 is 0 Å². The van der Waals surface area contributed by atoms with Crippen molar-refractivity contribution in [2.75, 3.05) is 0 Å². The molecule has 2 rings (SSSR count). The summed E-state index contributed by atoms with van der Waals surface area (Å²) in [5, 5.41) is 0.966. The van der Waals surface area contributed by atoms with Crippen LogP contribution in [0.25, 0.3) is 0 Å². The zero-order valence-electron chi connectivity index (χ0n) is 7.44. The van der Waals surface area contributed by atoms with E-state index in [-0.39, 0.29) is 5.28 Å². The summed E-state index contributed by atoms with van der Waals surface area (Å²) in [7, 11) is 0.